The van der Waals surface area contributed by atoms with Crippen LogP contribution in [0.5, 0.6) is 0 Å². The minimum Gasteiger partial charge on any atom is -0.369 e. The van der Waals surface area contributed by atoms with E-state index in [9.17, 15) is 4.79 Å². The quantitative estimate of drug-likeness (QED) is 0.746. The molecule has 3 N–H and O–H groups in total. The number of aromatic nitrogens is 3. The highest BCUT2D eigenvalue weighted by Gasteiger charge is 2.13. The average molecular weight is 352 g/mol. The predicted octanol–water partition coefficient (Wildman–Crippen LogP) is 2.63. The van der Waals surface area contributed by atoms with Gasteiger partial charge in [-0.25, -0.2) is 4.98 Å². The first kappa shape index (κ1) is 15.5. The van der Waals surface area contributed by atoms with Crippen molar-refractivity contribution in [3.05, 3.63) is 39.8 Å². The van der Waals surface area contributed by atoms with Gasteiger partial charge in [0, 0.05) is 35.0 Å². The van der Waals surface area contributed by atoms with Crippen LogP contribution in [-0.4, -0.2) is 27.6 Å². The van der Waals surface area contributed by atoms with Gasteiger partial charge in [-0.3, -0.25) is 9.89 Å². The van der Waals surface area contributed by atoms with Crippen LogP contribution in [0.2, 0.25) is 0 Å². The van der Waals surface area contributed by atoms with Gasteiger partial charge in [0.2, 0.25) is 0 Å². The molecule has 0 bridgehead atoms. The number of carbonyl (C=O) groups excluding carboxylic acids is 1. The van der Waals surface area contributed by atoms with Crippen molar-refractivity contribution in [3.63, 3.8) is 0 Å². The zero-order valence-corrected chi connectivity index (χ0v) is 13.6. The first-order valence-corrected chi connectivity index (χ1v) is 7.57. The molecule has 0 unspecified atom stereocenters. The minimum atomic E-state index is -0.164. The van der Waals surface area contributed by atoms with Crippen LogP contribution in [0.1, 0.15) is 35.0 Å². The van der Waals surface area contributed by atoms with Crippen LogP contribution < -0.4 is 10.6 Å². The topological polar surface area (TPSA) is 82.7 Å². The van der Waals surface area contributed by atoms with E-state index in [2.05, 4.69) is 48.7 Å². The number of H-pyrrole nitrogens is 1. The molecule has 2 rings (SSSR count). The van der Waals surface area contributed by atoms with Gasteiger partial charge in [0.1, 0.15) is 5.82 Å². The molecule has 112 valence electrons. The maximum Gasteiger partial charge on any atom is 0.255 e. The lowest BCUT2D eigenvalue weighted by atomic mass is 10.2. The van der Waals surface area contributed by atoms with E-state index in [0.717, 1.165) is 28.7 Å². The number of rotatable bonds is 6. The Kier molecular flexibility index (Phi) is 5.32. The van der Waals surface area contributed by atoms with Crippen molar-refractivity contribution >= 4 is 27.7 Å². The number of anilines is 1. The van der Waals surface area contributed by atoms with Gasteiger partial charge >= 0.3 is 0 Å². The monoisotopic (exact) mass is 351 g/mol. The second kappa shape index (κ2) is 7.21. The van der Waals surface area contributed by atoms with Crippen LogP contribution >= 0.6 is 15.9 Å². The van der Waals surface area contributed by atoms with Crippen LogP contribution in [0.25, 0.3) is 0 Å². The fourth-order valence-corrected chi connectivity index (χ4v) is 2.15. The van der Waals surface area contributed by atoms with E-state index < -0.39 is 0 Å². The molecule has 6 nitrogen and oxygen atoms in total. The number of amides is 1. The van der Waals surface area contributed by atoms with Crippen molar-refractivity contribution in [2.24, 2.45) is 0 Å². The average Bonchev–Trinajstić information content (AvgIpc) is 2.88. The molecule has 0 spiro atoms. The Morgan fingerprint density at radius 1 is 1.43 bits per heavy atom. The molecule has 0 fully saturated rings. The molecule has 2 heterocycles. The van der Waals surface area contributed by atoms with Crippen molar-refractivity contribution < 1.29 is 4.79 Å². The van der Waals surface area contributed by atoms with Crippen LogP contribution in [0, 0.1) is 6.92 Å². The highest BCUT2D eigenvalue weighted by atomic mass is 79.9. The van der Waals surface area contributed by atoms with Gasteiger partial charge in [0.05, 0.1) is 11.8 Å². The third kappa shape index (κ3) is 4.04. The largest absolute Gasteiger partial charge is 0.369 e. The zero-order valence-electron chi connectivity index (χ0n) is 12.0. The first-order valence-electron chi connectivity index (χ1n) is 6.78. The van der Waals surface area contributed by atoms with Crippen LogP contribution in [0.4, 0.5) is 5.82 Å². The molecule has 0 saturated heterocycles. The molecular weight excluding hydrogens is 334 g/mol. The lowest BCUT2D eigenvalue weighted by molar-refractivity contribution is 0.0951. The fraction of sp³-hybridized carbons (Fsp3) is 0.357. The summed E-state index contributed by atoms with van der Waals surface area (Å²) in [5.74, 6) is 0.435. The Morgan fingerprint density at radius 2 is 2.24 bits per heavy atom. The molecule has 0 aliphatic heterocycles. The molecule has 21 heavy (non-hydrogen) atoms. The lowest BCUT2D eigenvalue weighted by Gasteiger charge is -2.11. The summed E-state index contributed by atoms with van der Waals surface area (Å²) in [7, 11) is 0. The molecule has 7 heteroatoms. The molecule has 2 aromatic rings. The van der Waals surface area contributed by atoms with Gasteiger partial charge in [-0.1, -0.05) is 6.92 Å². The number of hydrogen-bond acceptors (Lipinski definition) is 4. The number of aromatic amines is 1. The number of nitrogens with one attached hydrogen (secondary N) is 3. The number of aryl methyl sites for hydroxylation is 1. The van der Waals surface area contributed by atoms with E-state index in [1.807, 2.05) is 6.92 Å². The Labute approximate surface area is 131 Å². The summed E-state index contributed by atoms with van der Waals surface area (Å²) in [5.41, 5.74) is 2.44. The van der Waals surface area contributed by atoms with Crippen molar-refractivity contribution in [1.29, 1.82) is 0 Å². The number of hydrogen-bond donors (Lipinski definition) is 3. The number of halogens is 1. The van der Waals surface area contributed by atoms with Crippen LogP contribution in [0.3, 0.4) is 0 Å². The Balaban J connectivity index is 2.10. The van der Waals surface area contributed by atoms with Gasteiger partial charge in [-0.05, 0) is 35.3 Å². The molecular formula is C14H18BrN5O. The zero-order chi connectivity index (χ0) is 15.2. The third-order valence-electron chi connectivity index (χ3n) is 3.02. The molecule has 0 aliphatic rings. The van der Waals surface area contributed by atoms with Gasteiger partial charge in [-0.15, -0.1) is 0 Å². The van der Waals surface area contributed by atoms with Gasteiger partial charge in [0.25, 0.3) is 5.91 Å². The summed E-state index contributed by atoms with van der Waals surface area (Å²) < 4.78 is 0.772. The van der Waals surface area contributed by atoms with Gasteiger partial charge in [0.15, 0.2) is 0 Å². The molecule has 0 aliphatic carbocycles. The van der Waals surface area contributed by atoms with E-state index in [1.165, 1.54) is 0 Å². The smallest absolute Gasteiger partial charge is 0.255 e. The van der Waals surface area contributed by atoms with Gasteiger partial charge in [-0.2, -0.15) is 5.10 Å². The van der Waals surface area contributed by atoms with Gasteiger partial charge < -0.3 is 10.6 Å². The molecule has 0 saturated carbocycles. The standard InChI is InChI=1S/C14H18BrN5O/c1-3-4-16-13-12(5-11(15)8-17-13)14(21)18-6-10-7-19-20-9(10)2/h5,7-8H,3-4,6H2,1-2H3,(H,16,17)(H,18,21)(H,19,20). The van der Waals surface area contributed by atoms with E-state index >= 15 is 0 Å². The lowest BCUT2D eigenvalue weighted by Crippen LogP contribution is -2.24. The van der Waals surface area contributed by atoms with E-state index in [-0.39, 0.29) is 5.91 Å². The van der Waals surface area contributed by atoms with Crippen molar-refractivity contribution in [2.75, 3.05) is 11.9 Å². The summed E-state index contributed by atoms with van der Waals surface area (Å²) in [5, 5.41) is 12.8. The molecule has 0 aromatic carbocycles. The van der Waals surface area contributed by atoms with E-state index in [1.54, 1.807) is 18.5 Å². The summed E-state index contributed by atoms with van der Waals surface area (Å²) in [6, 6.07) is 1.77. The highest BCUT2D eigenvalue weighted by molar-refractivity contribution is 9.10. The number of carbonyl (C=O) groups is 1. The van der Waals surface area contributed by atoms with Crippen LogP contribution in [0.15, 0.2) is 22.9 Å². The first-order chi connectivity index (χ1) is 10.1. The summed E-state index contributed by atoms with van der Waals surface area (Å²) in [4.78, 5) is 16.6. The summed E-state index contributed by atoms with van der Waals surface area (Å²) >= 11 is 3.35. The van der Waals surface area contributed by atoms with E-state index in [0.29, 0.717) is 17.9 Å². The van der Waals surface area contributed by atoms with E-state index in [4.69, 9.17) is 0 Å². The minimum absolute atomic E-state index is 0.164. The number of nitrogens with zero attached hydrogens (tertiary/aromatic N) is 2. The molecule has 0 radical (unpaired) electrons. The molecule has 0 atom stereocenters. The SMILES string of the molecule is CCCNc1ncc(Br)cc1C(=O)NCc1cn[nH]c1C. The Hall–Kier alpha value is -1.89. The van der Waals surface area contributed by atoms with Crippen LogP contribution in [-0.2, 0) is 6.54 Å². The van der Waals surface area contributed by atoms with Crippen molar-refractivity contribution in [3.8, 4) is 0 Å². The molecule has 2 aromatic heterocycles. The second-order valence-electron chi connectivity index (χ2n) is 4.68. The third-order valence-corrected chi connectivity index (χ3v) is 3.45. The maximum atomic E-state index is 12.3. The Bertz CT molecular complexity index is 626. The predicted molar refractivity (Wildman–Crippen MR) is 85.2 cm³/mol. The fourth-order valence-electron chi connectivity index (χ4n) is 1.82. The number of pyridine rings is 1. The second-order valence-corrected chi connectivity index (χ2v) is 5.60. The van der Waals surface area contributed by atoms with Crippen molar-refractivity contribution in [2.45, 2.75) is 26.8 Å². The molecule has 1 amide bonds. The highest BCUT2D eigenvalue weighted by Crippen LogP contribution is 2.18. The van der Waals surface area contributed by atoms with Crippen molar-refractivity contribution in [1.82, 2.24) is 20.5 Å². The maximum absolute atomic E-state index is 12.3. The Morgan fingerprint density at radius 3 is 2.90 bits per heavy atom. The summed E-state index contributed by atoms with van der Waals surface area (Å²) in [6.07, 6.45) is 4.35. The summed E-state index contributed by atoms with van der Waals surface area (Å²) in [6.45, 7) is 5.19. The normalized spacial score (nSPS) is 10.4.